The molecule has 0 saturated heterocycles. The standard InChI is InChI=1S/C17H17FN2O/c1-12-11-20(16-5-3-2-4-14(16)10-19-12)17(21)13-6-8-15(18)9-7-13/h2-9,12,19H,10-11H2,1H3. The highest BCUT2D eigenvalue weighted by atomic mass is 19.1. The van der Waals surface area contributed by atoms with Gasteiger partial charge < -0.3 is 10.2 Å². The van der Waals surface area contributed by atoms with Gasteiger partial charge in [0.1, 0.15) is 5.82 Å². The number of rotatable bonds is 1. The molecule has 3 rings (SSSR count). The maximum atomic E-state index is 13.0. The summed E-state index contributed by atoms with van der Waals surface area (Å²) in [4.78, 5) is 14.5. The summed E-state index contributed by atoms with van der Waals surface area (Å²) < 4.78 is 13.0. The fraction of sp³-hybridized carbons (Fsp3) is 0.235. The van der Waals surface area contributed by atoms with Crippen molar-refractivity contribution >= 4 is 11.6 Å². The van der Waals surface area contributed by atoms with Crippen molar-refractivity contribution in [3.8, 4) is 0 Å². The smallest absolute Gasteiger partial charge is 0.258 e. The number of nitrogens with zero attached hydrogens (tertiary/aromatic N) is 1. The quantitative estimate of drug-likeness (QED) is 0.873. The van der Waals surface area contributed by atoms with Crippen molar-refractivity contribution in [3.63, 3.8) is 0 Å². The van der Waals surface area contributed by atoms with E-state index in [9.17, 15) is 9.18 Å². The summed E-state index contributed by atoms with van der Waals surface area (Å²) in [5.41, 5.74) is 2.52. The van der Waals surface area contributed by atoms with Crippen LogP contribution in [0.4, 0.5) is 10.1 Å². The molecule has 0 fully saturated rings. The van der Waals surface area contributed by atoms with Crippen LogP contribution in [0.25, 0.3) is 0 Å². The molecule has 3 nitrogen and oxygen atoms in total. The summed E-state index contributed by atoms with van der Waals surface area (Å²) in [6, 6.07) is 13.8. The second-order valence-electron chi connectivity index (χ2n) is 5.33. The van der Waals surface area contributed by atoms with Crippen molar-refractivity contribution < 1.29 is 9.18 Å². The number of halogens is 1. The van der Waals surface area contributed by atoms with Crippen LogP contribution in [0.15, 0.2) is 48.5 Å². The molecule has 1 amide bonds. The van der Waals surface area contributed by atoms with Crippen LogP contribution in [0.3, 0.4) is 0 Å². The van der Waals surface area contributed by atoms with E-state index in [4.69, 9.17) is 0 Å². The minimum absolute atomic E-state index is 0.0991. The molecule has 0 saturated carbocycles. The first kappa shape index (κ1) is 13.8. The Morgan fingerprint density at radius 2 is 1.90 bits per heavy atom. The third-order valence-electron chi connectivity index (χ3n) is 3.72. The molecule has 2 aromatic carbocycles. The number of nitrogens with one attached hydrogen (secondary N) is 1. The number of carbonyl (C=O) groups excluding carboxylic acids is 1. The van der Waals surface area contributed by atoms with Crippen molar-refractivity contribution in [2.24, 2.45) is 0 Å². The van der Waals surface area contributed by atoms with Gasteiger partial charge in [0.2, 0.25) is 0 Å². The van der Waals surface area contributed by atoms with Crippen LogP contribution in [-0.4, -0.2) is 18.5 Å². The minimum atomic E-state index is -0.335. The molecule has 1 heterocycles. The van der Waals surface area contributed by atoms with E-state index >= 15 is 0 Å². The number of para-hydroxylation sites is 1. The molecule has 1 aliphatic heterocycles. The molecule has 108 valence electrons. The lowest BCUT2D eigenvalue weighted by atomic mass is 10.1. The monoisotopic (exact) mass is 284 g/mol. The third kappa shape index (κ3) is 2.81. The van der Waals surface area contributed by atoms with Crippen molar-refractivity contribution in [2.45, 2.75) is 19.5 Å². The molecular formula is C17H17FN2O. The third-order valence-corrected chi connectivity index (χ3v) is 3.72. The van der Waals surface area contributed by atoms with Crippen molar-refractivity contribution in [3.05, 3.63) is 65.5 Å². The van der Waals surface area contributed by atoms with E-state index in [2.05, 4.69) is 12.2 Å². The number of hydrogen-bond acceptors (Lipinski definition) is 2. The lowest BCUT2D eigenvalue weighted by molar-refractivity contribution is 0.0985. The van der Waals surface area contributed by atoms with Gasteiger partial charge in [-0.05, 0) is 42.8 Å². The predicted octanol–water partition coefficient (Wildman–Crippen LogP) is 2.96. The molecule has 4 heteroatoms. The summed E-state index contributed by atoms with van der Waals surface area (Å²) >= 11 is 0. The van der Waals surface area contributed by atoms with Gasteiger partial charge in [0.15, 0.2) is 0 Å². The highest BCUT2D eigenvalue weighted by Crippen LogP contribution is 2.25. The number of benzene rings is 2. The van der Waals surface area contributed by atoms with Gasteiger partial charge in [-0.25, -0.2) is 4.39 Å². The zero-order valence-electron chi connectivity index (χ0n) is 11.8. The molecule has 21 heavy (non-hydrogen) atoms. The fourth-order valence-electron chi connectivity index (χ4n) is 2.59. The molecule has 1 atom stereocenters. The Labute approximate surface area is 123 Å². The number of hydrogen-bond donors (Lipinski definition) is 1. The van der Waals surface area contributed by atoms with E-state index in [1.54, 1.807) is 4.90 Å². The van der Waals surface area contributed by atoms with Crippen LogP contribution >= 0.6 is 0 Å². The maximum absolute atomic E-state index is 13.0. The zero-order chi connectivity index (χ0) is 14.8. The zero-order valence-corrected chi connectivity index (χ0v) is 11.8. The Hall–Kier alpha value is -2.20. The Bertz CT molecular complexity index is 654. The maximum Gasteiger partial charge on any atom is 0.258 e. The Morgan fingerprint density at radius 1 is 1.19 bits per heavy atom. The number of anilines is 1. The number of fused-ring (bicyclic) bond motifs is 1. The van der Waals surface area contributed by atoms with Crippen molar-refractivity contribution in [1.82, 2.24) is 5.32 Å². The van der Waals surface area contributed by atoms with E-state index in [-0.39, 0.29) is 17.8 Å². The summed E-state index contributed by atoms with van der Waals surface area (Å²) in [5, 5.41) is 3.39. The highest BCUT2D eigenvalue weighted by Gasteiger charge is 2.24. The van der Waals surface area contributed by atoms with Crippen LogP contribution in [0.1, 0.15) is 22.8 Å². The Morgan fingerprint density at radius 3 is 2.67 bits per heavy atom. The van der Waals surface area contributed by atoms with Gasteiger partial charge in [0.05, 0.1) is 0 Å². The van der Waals surface area contributed by atoms with Crippen LogP contribution in [0.5, 0.6) is 0 Å². The molecule has 0 radical (unpaired) electrons. The molecule has 0 aliphatic carbocycles. The first-order valence-corrected chi connectivity index (χ1v) is 7.04. The largest absolute Gasteiger partial charge is 0.308 e. The Kier molecular flexibility index (Phi) is 3.71. The van der Waals surface area contributed by atoms with Gasteiger partial charge in [-0.2, -0.15) is 0 Å². The molecular weight excluding hydrogens is 267 g/mol. The fourth-order valence-corrected chi connectivity index (χ4v) is 2.59. The lowest BCUT2D eigenvalue weighted by Gasteiger charge is -2.24. The number of amides is 1. The predicted molar refractivity (Wildman–Crippen MR) is 80.8 cm³/mol. The molecule has 1 aliphatic rings. The molecule has 2 aromatic rings. The first-order valence-electron chi connectivity index (χ1n) is 7.04. The summed E-state index contributed by atoms with van der Waals surface area (Å²) in [6.07, 6.45) is 0. The van der Waals surface area contributed by atoms with E-state index < -0.39 is 0 Å². The summed E-state index contributed by atoms with van der Waals surface area (Å²) in [6.45, 7) is 3.38. The average molecular weight is 284 g/mol. The second-order valence-corrected chi connectivity index (χ2v) is 5.33. The summed E-state index contributed by atoms with van der Waals surface area (Å²) in [5.74, 6) is -0.434. The van der Waals surface area contributed by atoms with Gasteiger partial charge in [0, 0.05) is 30.4 Å². The lowest BCUT2D eigenvalue weighted by Crippen LogP contribution is -2.39. The van der Waals surface area contributed by atoms with Gasteiger partial charge in [0.25, 0.3) is 5.91 Å². The van der Waals surface area contributed by atoms with E-state index in [0.717, 1.165) is 17.8 Å². The molecule has 0 spiro atoms. The average Bonchev–Trinajstić information content (AvgIpc) is 2.67. The van der Waals surface area contributed by atoms with E-state index in [0.29, 0.717) is 12.1 Å². The van der Waals surface area contributed by atoms with Crippen molar-refractivity contribution in [1.29, 1.82) is 0 Å². The van der Waals surface area contributed by atoms with E-state index in [1.165, 1.54) is 24.3 Å². The first-order chi connectivity index (χ1) is 10.1. The van der Waals surface area contributed by atoms with Crippen LogP contribution < -0.4 is 10.2 Å². The van der Waals surface area contributed by atoms with Crippen molar-refractivity contribution in [2.75, 3.05) is 11.4 Å². The van der Waals surface area contributed by atoms with Crippen LogP contribution in [-0.2, 0) is 6.54 Å². The highest BCUT2D eigenvalue weighted by molar-refractivity contribution is 6.06. The van der Waals surface area contributed by atoms with Crippen LogP contribution in [0, 0.1) is 5.82 Å². The summed E-state index contributed by atoms with van der Waals surface area (Å²) in [7, 11) is 0. The normalized spacial score (nSPS) is 18.0. The SMILES string of the molecule is CC1CN(C(=O)c2ccc(F)cc2)c2ccccc2CN1. The molecule has 0 aromatic heterocycles. The number of carbonyl (C=O) groups is 1. The van der Waals surface area contributed by atoms with Gasteiger partial charge in [-0.3, -0.25) is 4.79 Å². The minimum Gasteiger partial charge on any atom is -0.308 e. The topological polar surface area (TPSA) is 32.3 Å². The van der Waals surface area contributed by atoms with E-state index in [1.807, 2.05) is 24.3 Å². The second kappa shape index (κ2) is 5.66. The van der Waals surface area contributed by atoms with Gasteiger partial charge >= 0.3 is 0 Å². The van der Waals surface area contributed by atoms with Gasteiger partial charge in [-0.1, -0.05) is 18.2 Å². The van der Waals surface area contributed by atoms with Crippen LogP contribution in [0.2, 0.25) is 0 Å². The van der Waals surface area contributed by atoms with Gasteiger partial charge in [-0.15, -0.1) is 0 Å². The molecule has 1 unspecified atom stereocenters. The molecule has 1 N–H and O–H groups in total. The Balaban J connectivity index is 1.99. The molecule has 0 bridgehead atoms.